The number of alkyl halides is 3. The third-order valence-corrected chi connectivity index (χ3v) is 3.75. The molecule has 0 fully saturated rings. The number of nitrogens with zero attached hydrogens (tertiary/aromatic N) is 1. The second-order valence-corrected chi connectivity index (χ2v) is 5.77. The summed E-state index contributed by atoms with van der Waals surface area (Å²) >= 11 is 0. The van der Waals surface area contributed by atoms with E-state index in [-0.39, 0.29) is 22.9 Å². The Hall–Kier alpha value is -2.74. The van der Waals surface area contributed by atoms with Crippen molar-refractivity contribution in [2.45, 2.75) is 26.6 Å². The van der Waals surface area contributed by atoms with Crippen molar-refractivity contribution in [2.75, 3.05) is 12.1 Å². The molecule has 26 heavy (non-hydrogen) atoms. The molecule has 0 aliphatic carbocycles. The number of anilines is 1. The average molecular weight is 368 g/mol. The molecular formula is C18H19F3N2O3. The van der Waals surface area contributed by atoms with E-state index in [0.29, 0.717) is 5.75 Å². The van der Waals surface area contributed by atoms with E-state index >= 15 is 0 Å². The maximum absolute atomic E-state index is 13.0. The van der Waals surface area contributed by atoms with Crippen molar-refractivity contribution in [1.82, 2.24) is 5.32 Å². The van der Waals surface area contributed by atoms with E-state index in [4.69, 9.17) is 4.74 Å². The maximum Gasteiger partial charge on any atom is 0.416 e. The number of carbonyl (C=O) groups excluding carboxylic acids is 1. The minimum Gasteiger partial charge on any atom is -0.489 e. The average Bonchev–Trinajstić information content (AvgIpc) is 2.58. The lowest BCUT2D eigenvalue weighted by atomic mass is 10.1. The van der Waals surface area contributed by atoms with E-state index in [2.05, 4.69) is 5.32 Å². The summed E-state index contributed by atoms with van der Waals surface area (Å²) in [5.41, 5.74) is 0.875. The van der Waals surface area contributed by atoms with Crippen molar-refractivity contribution < 1.29 is 27.9 Å². The van der Waals surface area contributed by atoms with Gasteiger partial charge >= 0.3 is 12.2 Å². The van der Waals surface area contributed by atoms with E-state index in [1.54, 1.807) is 6.07 Å². The summed E-state index contributed by atoms with van der Waals surface area (Å²) in [7, 11) is 1.29. The van der Waals surface area contributed by atoms with Crippen molar-refractivity contribution in [3.05, 3.63) is 58.7 Å². The Bertz CT molecular complexity index is 807. The highest BCUT2D eigenvalue weighted by Gasteiger charge is 2.32. The molecule has 0 heterocycles. The highest BCUT2D eigenvalue weighted by atomic mass is 19.4. The molecule has 2 aromatic carbocycles. The molecule has 0 spiro atoms. The van der Waals surface area contributed by atoms with Gasteiger partial charge in [-0.25, -0.2) is 4.79 Å². The molecule has 2 aromatic rings. The van der Waals surface area contributed by atoms with Gasteiger partial charge in [0, 0.05) is 12.6 Å². The molecule has 2 N–H and O–H groups in total. The normalized spacial score (nSPS) is 11.2. The molecule has 140 valence electrons. The van der Waals surface area contributed by atoms with Crippen LogP contribution in [-0.2, 0) is 12.8 Å². The molecule has 0 aliphatic heterocycles. The number of ether oxygens (including phenoxy) is 1. The van der Waals surface area contributed by atoms with Crippen molar-refractivity contribution in [3.63, 3.8) is 0 Å². The topological polar surface area (TPSA) is 61.8 Å². The minimum atomic E-state index is -4.56. The van der Waals surface area contributed by atoms with Gasteiger partial charge in [-0.3, -0.25) is 5.21 Å². The van der Waals surface area contributed by atoms with Crippen LogP contribution in [0.4, 0.5) is 23.7 Å². The Kier molecular flexibility index (Phi) is 5.76. The third-order valence-electron chi connectivity index (χ3n) is 3.75. The third kappa shape index (κ3) is 4.45. The van der Waals surface area contributed by atoms with Gasteiger partial charge in [0.05, 0.1) is 11.3 Å². The smallest absolute Gasteiger partial charge is 0.416 e. The molecule has 2 rings (SSSR count). The number of amides is 2. The fourth-order valence-corrected chi connectivity index (χ4v) is 2.42. The highest BCUT2D eigenvalue weighted by molar-refractivity contribution is 5.90. The number of halogens is 3. The minimum absolute atomic E-state index is 0.0194. The lowest BCUT2D eigenvalue weighted by Crippen LogP contribution is -2.36. The molecule has 0 saturated heterocycles. The van der Waals surface area contributed by atoms with E-state index in [1.165, 1.54) is 7.05 Å². The second-order valence-electron chi connectivity index (χ2n) is 5.77. The first-order valence-corrected chi connectivity index (χ1v) is 7.74. The van der Waals surface area contributed by atoms with E-state index < -0.39 is 17.8 Å². The van der Waals surface area contributed by atoms with Crippen LogP contribution >= 0.6 is 0 Å². The second kappa shape index (κ2) is 7.65. The van der Waals surface area contributed by atoms with Gasteiger partial charge in [-0.1, -0.05) is 17.7 Å². The Labute approximate surface area is 149 Å². The van der Waals surface area contributed by atoms with E-state index in [1.807, 2.05) is 26.0 Å². The first-order chi connectivity index (χ1) is 12.1. The summed E-state index contributed by atoms with van der Waals surface area (Å²) in [4.78, 5) is 11.6. The molecule has 0 aromatic heterocycles. The van der Waals surface area contributed by atoms with Crippen LogP contribution in [0.3, 0.4) is 0 Å². The van der Waals surface area contributed by atoms with Crippen LogP contribution in [0.15, 0.2) is 36.4 Å². The molecule has 0 unspecified atom stereocenters. The number of hydrogen-bond acceptors (Lipinski definition) is 3. The number of nitrogens with one attached hydrogen (secondary N) is 1. The van der Waals surface area contributed by atoms with Crippen LogP contribution in [0.25, 0.3) is 0 Å². The van der Waals surface area contributed by atoms with Crippen LogP contribution in [0.5, 0.6) is 5.75 Å². The van der Waals surface area contributed by atoms with E-state index in [9.17, 15) is 23.2 Å². The van der Waals surface area contributed by atoms with Gasteiger partial charge in [-0.2, -0.15) is 18.2 Å². The van der Waals surface area contributed by atoms with Crippen LogP contribution in [0.1, 0.15) is 22.3 Å². The molecular weight excluding hydrogens is 349 g/mol. The first kappa shape index (κ1) is 19.6. The van der Waals surface area contributed by atoms with Crippen LogP contribution in [-0.4, -0.2) is 18.3 Å². The summed E-state index contributed by atoms with van der Waals surface area (Å²) in [5, 5.41) is 12.4. The summed E-state index contributed by atoms with van der Waals surface area (Å²) in [6, 6.07) is 7.21. The molecule has 0 saturated carbocycles. The number of carbonyl (C=O) groups is 1. The Morgan fingerprint density at radius 3 is 2.46 bits per heavy atom. The molecule has 0 atom stereocenters. The summed E-state index contributed by atoms with van der Waals surface area (Å²) < 4.78 is 44.6. The van der Waals surface area contributed by atoms with Crippen molar-refractivity contribution in [3.8, 4) is 5.75 Å². The van der Waals surface area contributed by atoms with Gasteiger partial charge < -0.3 is 10.1 Å². The first-order valence-electron chi connectivity index (χ1n) is 7.74. The monoisotopic (exact) mass is 368 g/mol. The van der Waals surface area contributed by atoms with Gasteiger partial charge in [-0.05, 0) is 43.7 Å². The Balaban J connectivity index is 2.37. The fourth-order valence-electron chi connectivity index (χ4n) is 2.42. The van der Waals surface area contributed by atoms with Crippen LogP contribution in [0.2, 0.25) is 0 Å². The number of rotatable bonds is 4. The fraction of sp³-hybridized carbons (Fsp3) is 0.278. The number of hydroxylamine groups is 1. The number of urea groups is 1. The largest absolute Gasteiger partial charge is 0.489 e. The van der Waals surface area contributed by atoms with Gasteiger partial charge in [0.2, 0.25) is 0 Å². The molecule has 5 nitrogen and oxygen atoms in total. The molecule has 0 radical (unpaired) electrons. The van der Waals surface area contributed by atoms with Crippen molar-refractivity contribution in [2.24, 2.45) is 0 Å². The van der Waals surface area contributed by atoms with Gasteiger partial charge in [0.25, 0.3) is 0 Å². The zero-order valence-electron chi connectivity index (χ0n) is 14.5. The zero-order chi connectivity index (χ0) is 19.5. The molecule has 8 heteroatoms. The standard InChI is InChI=1S/C18H19F3N2O3/c1-11-4-7-16(12(2)8-11)26-10-13-9-14(18(19,20)21)5-6-15(13)23(25)17(24)22-3/h4-9,25H,10H2,1-3H3,(H,22,24). The maximum atomic E-state index is 13.0. The predicted molar refractivity (Wildman–Crippen MR) is 90.4 cm³/mol. The highest BCUT2D eigenvalue weighted by Crippen LogP contribution is 2.33. The predicted octanol–water partition coefficient (Wildman–Crippen LogP) is 4.44. The Morgan fingerprint density at radius 1 is 1.19 bits per heavy atom. The van der Waals surface area contributed by atoms with Gasteiger partial charge in [-0.15, -0.1) is 0 Å². The summed E-state index contributed by atoms with van der Waals surface area (Å²) in [6.45, 7) is 3.48. The SMILES string of the molecule is CNC(=O)N(O)c1ccc(C(F)(F)F)cc1COc1ccc(C)cc1C. The van der Waals surface area contributed by atoms with Crippen LogP contribution < -0.4 is 15.1 Å². The summed E-state index contributed by atoms with van der Waals surface area (Å²) in [6.07, 6.45) is -4.56. The number of aryl methyl sites for hydroxylation is 2. The van der Waals surface area contributed by atoms with Crippen LogP contribution in [0, 0.1) is 13.8 Å². The van der Waals surface area contributed by atoms with Crippen molar-refractivity contribution in [1.29, 1.82) is 0 Å². The Morgan fingerprint density at radius 2 is 1.88 bits per heavy atom. The number of benzene rings is 2. The molecule has 0 aliphatic rings. The van der Waals surface area contributed by atoms with Crippen molar-refractivity contribution >= 4 is 11.7 Å². The zero-order valence-corrected chi connectivity index (χ0v) is 14.5. The molecule has 0 bridgehead atoms. The van der Waals surface area contributed by atoms with Gasteiger partial charge in [0.15, 0.2) is 0 Å². The summed E-state index contributed by atoms with van der Waals surface area (Å²) in [5.74, 6) is 0.503. The molecule has 2 amide bonds. The van der Waals surface area contributed by atoms with Gasteiger partial charge in [0.1, 0.15) is 12.4 Å². The quantitative estimate of drug-likeness (QED) is 0.620. The van der Waals surface area contributed by atoms with E-state index in [0.717, 1.165) is 29.3 Å². The lowest BCUT2D eigenvalue weighted by Gasteiger charge is -2.20. The number of hydrogen-bond donors (Lipinski definition) is 2. The lowest BCUT2D eigenvalue weighted by molar-refractivity contribution is -0.137.